The summed E-state index contributed by atoms with van der Waals surface area (Å²) in [4.78, 5) is 22.8. The molecular formula is C15H18ClNO3. The molecular weight excluding hydrogens is 278 g/mol. The third-order valence-corrected chi connectivity index (χ3v) is 4.07. The van der Waals surface area contributed by atoms with Gasteiger partial charge in [0.1, 0.15) is 0 Å². The number of anilines is 1. The average Bonchev–Trinajstić information content (AvgIpc) is 2.92. The van der Waals surface area contributed by atoms with E-state index in [4.69, 9.17) is 16.7 Å². The van der Waals surface area contributed by atoms with Crippen molar-refractivity contribution in [2.45, 2.75) is 38.5 Å². The number of benzene rings is 1. The van der Waals surface area contributed by atoms with Crippen LogP contribution in [-0.2, 0) is 4.79 Å². The minimum absolute atomic E-state index is 0.110. The third kappa shape index (κ3) is 3.97. The zero-order valence-electron chi connectivity index (χ0n) is 11.2. The van der Waals surface area contributed by atoms with Crippen molar-refractivity contribution in [1.82, 2.24) is 0 Å². The van der Waals surface area contributed by atoms with Crippen LogP contribution in [0.5, 0.6) is 0 Å². The van der Waals surface area contributed by atoms with Crippen molar-refractivity contribution >= 4 is 29.2 Å². The van der Waals surface area contributed by atoms with E-state index in [1.54, 1.807) is 0 Å². The molecule has 1 aromatic carbocycles. The number of nitrogens with one attached hydrogen (secondary N) is 1. The number of halogens is 1. The van der Waals surface area contributed by atoms with Crippen LogP contribution >= 0.6 is 11.6 Å². The molecule has 0 radical (unpaired) electrons. The number of aromatic carboxylic acids is 1. The third-order valence-electron chi connectivity index (χ3n) is 3.74. The first-order valence-electron chi connectivity index (χ1n) is 6.89. The van der Waals surface area contributed by atoms with Crippen molar-refractivity contribution in [3.05, 3.63) is 28.8 Å². The predicted molar refractivity (Wildman–Crippen MR) is 78.2 cm³/mol. The first-order valence-corrected chi connectivity index (χ1v) is 7.27. The summed E-state index contributed by atoms with van der Waals surface area (Å²) in [6.07, 6.45) is 6.29. The molecule has 108 valence electrons. The van der Waals surface area contributed by atoms with Crippen molar-refractivity contribution in [3.8, 4) is 0 Å². The number of carboxylic acid groups (broad SMARTS) is 1. The summed E-state index contributed by atoms with van der Waals surface area (Å²) >= 11 is 5.96. The molecule has 2 rings (SSSR count). The minimum atomic E-state index is -1.04. The highest BCUT2D eigenvalue weighted by Crippen LogP contribution is 2.29. The molecule has 0 atom stereocenters. The largest absolute Gasteiger partial charge is 0.478 e. The molecule has 1 saturated carbocycles. The number of rotatable bonds is 5. The Morgan fingerprint density at radius 2 is 2.00 bits per heavy atom. The summed E-state index contributed by atoms with van der Waals surface area (Å²) in [5.41, 5.74) is 0.475. The molecule has 1 aliphatic carbocycles. The van der Waals surface area contributed by atoms with Gasteiger partial charge in [0.15, 0.2) is 0 Å². The van der Waals surface area contributed by atoms with Gasteiger partial charge in [-0.15, -0.1) is 0 Å². The maximum atomic E-state index is 11.9. The van der Waals surface area contributed by atoms with E-state index >= 15 is 0 Å². The Morgan fingerprint density at radius 1 is 1.30 bits per heavy atom. The Morgan fingerprint density at radius 3 is 2.65 bits per heavy atom. The molecule has 4 nitrogen and oxygen atoms in total. The van der Waals surface area contributed by atoms with E-state index in [9.17, 15) is 9.59 Å². The molecule has 0 aromatic heterocycles. The summed E-state index contributed by atoms with van der Waals surface area (Å²) in [5.74, 6) is -0.494. The monoisotopic (exact) mass is 295 g/mol. The Balaban J connectivity index is 1.92. The van der Waals surface area contributed by atoms with Gasteiger partial charge in [-0.1, -0.05) is 37.3 Å². The van der Waals surface area contributed by atoms with E-state index in [0.29, 0.717) is 23.0 Å². The quantitative estimate of drug-likeness (QED) is 0.864. The van der Waals surface area contributed by atoms with Crippen LogP contribution in [0.1, 0.15) is 48.9 Å². The van der Waals surface area contributed by atoms with Crippen LogP contribution < -0.4 is 5.32 Å². The normalized spacial score (nSPS) is 15.2. The minimum Gasteiger partial charge on any atom is -0.478 e. The topological polar surface area (TPSA) is 66.4 Å². The molecule has 1 aromatic rings. The lowest BCUT2D eigenvalue weighted by atomic mass is 10.0. The fraction of sp³-hybridized carbons (Fsp3) is 0.467. The lowest BCUT2D eigenvalue weighted by Gasteiger charge is -2.10. The molecule has 5 heteroatoms. The molecule has 1 aliphatic rings. The van der Waals surface area contributed by atoms with E-state index in [2.05, 4.69) is 5.32 Å². The Hall–Kier alpha value is -1.55. The lowest BCUT2D eigenvalue weighted by molar-refractivity contribution is -0.116. The van der Waals surface area contributed by atoms with Crippen molar-refractivity contribution in [2.75, 3.05) is 5.32 Å². The number of carboxylic acids is 1. The van der Waals surface area contributed by atoms with E-state index in [-0.39, 0.29) is 11.5 Å². The molecule has 0 spiro atoms. The van der Waals surface area contributed by atoms with E-state index in [0.717, 1.165) is 6.42 Å². The van der Waals surface area contributed by atoms with Crippen molar-refractivity contribution in [3.63, 3.8) is 0 Å². The summed E-state index contributed by atoms with van der Waals surface area (Å²) in [6.45, 7) is 0. The molecule has 0 heterocycles. The van der Waals surface area contributed by atoms with Crippen LogP contribution in [0.15, 0.2) is 18.2 Å². The van der Waals surface area contributed by atoms with Gasteiger partial charge in [-0.25, -0.2) is 4.79 Å². The van der Waals surface area contributed by atoms with Gasteiger partial charge in [0.25, 0.3) is 0 Å². The zero-order valence-corrected chi connectivity index (χ0v) is 11.9. The summed E-state index contributed by atoms with van der Waals surface area (Å²) in [5, 5.41) is 12.0. The molecule has 0 bridgehead atoms. The highest BCUT2D eigenvalue weighted by Gasteiger charge is 2.17. The maximum Gasteiger partial charge on any atom is 0.335 e. The first-order chi connectivity index (χ1) is 9.56. The van der Waals surface area contributed by atoms with Gasteiger partial charge in [0, 0.05) is 6.42 Å². The second-order valence-electron chi connectivity index (χ2n) is 5.24. The van der Waals surface area contributed by atoms with Crippen LogP contribution in [-0.4, -0.2) is 17.0 Å². The molecule has 1 fully saturated rings. The number of amides is 1. The zero-order chi connectivity index (χ0) is 14.5. The molecule has 0 unspecified atom stereocenters. The number of hydrogen-bond acceptors (Lipinski definition) is 2. The first kappa shape index (κ1) is 14.9. The number of carbonyl (C=O) groups is 2. The summed E-state index contributed by atoms with van der Waals surface area (Å²) < 4.78 is 0. The van der Waals surface area contributed by atoms with E-state index in [1.807, 2.05) is 0 Å². The second-order valence-corrected chi connectivity index (χ2v) is 5.64. The Bertz CT molecular complexity index is 510. The Kier molecular flexibility index (Phi) is 5.01. The fourth-order valence-corrected chi connectivity index (χ4v) is 2.77. The van der Waals surface area contributed by atoms with Gasteiger partial charge < -0.3 is 10.4 Å². The fourth-order valence-electron chi connectivity index (χ4n) is 2.60. The van der Waals surface area contributed by atoms with Gasteiger partial charge in [0.2, 0.25) is 5.91 Å². The smallest absolute Gasteiger partial charge is 0.335 e. The average molecular weight is 296 g/mol. The van der Waals surface area contributed by atoms with Crippen molar-refractivity contribution in [2.24, 2.45) is 5.92 Å². The molecule has 0 aliphatic heterocycles. The maximum absolute atomic E-state index is 11.9. The van der Waals surface area contributed by atoms with Crippen LogP contribution in [0.3, 0.4) is 0 Å². The van der Waals surface area contributed by atoms with Crippen molar-refractivity contribution < 1.29 is 14.7 Å². The summed E-state index contributed by atoms with van der Waals surface area (Å²) in [7, 11) is 0. The predicted octanol–water partition coefficient (Wildman–Crippen LogP) is 3.95. The summed E-state index contributed by atoms with van der Waals surface area (Å²) in [6, 6.07) is 4.29. The number of hydrogen-bond donors (Lipinski definition) is 2. The highest BCUT2D eigenvalue weighted by molar-refractivity contribution is 6.33. The number of carbonyl (C=O) groups excluding carboxylic acids is 1. The molecule has 2 N–H and O–H groups in total. The van der Waals surface area contributed by atoms with Gasteiger partial charge in [0.05, 0.1) is 16.3 Å². The van der Waals surface area contributed by atoms with Crippen LogP contribution in [0.2, 0.25) is 5.02 Å². The van der Waals surface area contributed by atoms with Gasteiger partial charge in [-0.3, -0.25) is 4.79 Å². The van der Waals surface area contributed by atoms with Gasteiger partial charge in [-0.2, -0.15) is 0 Å². The van der Waals surface area contributed by atoms with E-state index < -0.39 is 5.97 Å². The highest BCUT2D eigenvalue weighted by atomic mass is 35.5. The Labute approximate surface area is 123 Å². The molecule has 20 heavy (non-hydrogen) atoms. The lowest BCUT2D eigenvalue weighted by Crippen LogP contribution is -2.13. The molecule has 1 amide bonds. The standard InChI is InChI=1S/C15H18ClNO3/c16-12-7-6-11(15(19)20)9-13(12)17-14(18)8-5-10-3-1-2-4-10/h6-7,9-10H,1-5,8H2,(H,17,18)(H,19,20). The van der Waals surface area contributed by atoms with Crippen LogP contribution in [0.4, 0.5) is 5.69 Å². The SMILES string of the molecule is O=C(CCC1CCCC1)Nc1cc(C(=O)O)ccc1Cl. The van der Waals surface area contributed by atoms with Gasteiger partial charge >= 0.3 is 5.97 Å². The van der Waals surface area contributed by atoms with Gasteiger partial charge in [-0.05, 0) is 30.5 Å². The van der Waals surface area contributed by atoms with E-state index in [1.165, 1.54) is 43.9 Å². The van der Waals surface area contributed by atoms with Crippen LogP contribution in [0, 0.1) is 5.92 Å². The van der Waals surface area contributed by atoms with Crippen LogP contribution in [0.25, 0.3) is 0 Å². The second kappa shape index (κ2) is 6.75. The molecule has 0 saturated heterocycles. The van der Waals surface area contributed by atoms with Crippen molar-refractivity contribution in [1.29, 1.82) is 0 Å².